The summed E-state index contributed by atoms with van der Waals surface area (Å²) in [7, 11) is 0. The average Bonchev–Trinajstić information content (AvgIpc) is 2.46. The van der Waals surface area contributed by atoms with Crippen molar-refractivity contribution in [3.8, 4) is 0 Å². The number of nitrogens with two attached hydrogens (primary N) is 1. The van der Waals surface area contributed by atoms with E-state index in [9.17, 15) is 0 Å². The van der Waals surface area contributed by atoms with E-state index in [2.05, 4.69) is 38.1 Å². The van der Waals surface area contributed by atoms with Crippen molar-refractivity contribution >= 4 is 17.6 Å². The molecule has 0 spiro atoms. The smallest absolute Gasteiger partial charge is 0.122 e. The fourth-order valence-corrected chi connectivity index (χ4v) is 2.75. The van der Waals surface area contributed by atoms with Crippen LogP contribution in [-0.2, 0) is 5.75 Å². The number of nitrogens with one attached hydrogen (secondary N) is 1. The zero-order valence-corrected chi connectivity index (χ0v) is 12.7. The molecule has 2 rings (SSSR count). The van der Waals surface area contributed by atoms with E-state index in [-0.39, 0.29) is 5.84 Å². The van der Waals surface area contributed by atoms with E-state index >= 15 is 0 Å². The van der Waals surface area contributed by atoms with Crippen molar-refractivity contribution < 1.29 is 0 Å². The van der Waals surface area contributed by atoms with Gasteiger partial charge in [0.15, 0.2) is 0 Å². The quantitative estimate of drug-likeness (QED) is 0.486. The lowest BCUT2D eigenvalue weighted by Crippen LogP contribution is -2.10. The Morgan fingerprint density at radius 3 is 2.15 bits per heavy atom. The zero-order valence-electron chi connectivity index (χ0n) is 11.9. The van der Waals surface area contributed by atoms with Crippen LogP contribution in [0, 0.1) is 5.41 Å². The Balaban J connectivity index is 1.96. The van der Waals surface area contributed by atoms with Crippen molar-refractivity contribution in [2.45, 2.75) is 30.4 Å². The minimum absolute atomic E-state index is 0.119. The molecule has 0 radical (unpaired) electrons. The molecule has 0 atom stereocenters. The Kier molecular flexibility index (Phi) is 4.85. The molecule has 0 aromatic heterocycles. The number of rotatable bonds is 5. The molecule has 3 N–H and O–H groups in total. The summed E-state index contributed by atoms with van der Waals surface area (Å²) in [5, 5.41) is 7.37. The molecule has 0 aliphatic heterocycles. The molecule has 2 aromatic rings. The van der Waals surface area contributed by atoms with Gasteiger partial charge in [-0.3, -0.25) is 5.41 Å². The highest BCUT2D eigenvalue weighted by atomic mass is 32.2. The normalized spacial score (nSPS) is 10.8. The maximum Gasteiger partial charge on any atom is 0.122 e. The Morgan fingerprint density at radius 2 is 1.65 bits per heavy atom. The fourth-order valence-electron chi connectivity index (χ4n) is 1.90. The molecular weight excluding hydrogens is 264 g/mol. The highest BCUT2D eigenvalue weighted by Gasteiger charge is 2.01. The second-order valence-corrected chi connectivity index (χ2v) is 6.17. The summed E-state index contributed by atoms with van der Waals surface area (Å²) in [5.74, 6) is 1.63. The first-order valence-electron chi connectivity index (χ1n) is 6.72. The Morgan fingerprint density at radius 1 is 1.05 bits per heavy atom. The van der Waals surface area contributed by atoms with Gasteiger partial charge in [-0.15, -0.1) is 11.8 Å². The van der Waals surface area contributed by atoms with Crippen molar-refractivity contribution in [3.63, 3.8) is 0 Å². The van der Waals surface area contributed by atoms with Gasteiger partial charge in [0.2, 0.25) is 0 Å². The first-order valence-corrected chi connectivity index (χ1v) is 7.71. The van der Waals surface area contributed by atoms with Crippen LogP contribution in [0.2, 0.25) is 0 Å². The summed E-state index contributed by atoms with van der Waals surface area (Å²) >= 11 is 1.82. The van der Waals surface area contributed by atoms with Crippen LogP contribution in [0.1, 0.15) is 36.5 Å². The molecule has 0 aliphatic carbocycles. The van der Waals surface area contributed by atoms with Crippen molar-refractivity contribution in [1.29, 1.82) is 5.41 Å². The monoisotopic (exact) mass is 284 g/mol. The van der Waals surface area contributed by atoms with E-state index < -0.39 is 0 Å². The molecule has 2 nitrogen and oxygen atoms in total. The lowest BCUT2D eigenvalue weighted by atomic mass is 10.0. The second kappa shape index (κ2) is 6.62. The second-order valence-electron chi connectivity index (χ2n) is 5.12. The van der Waals surface area contributed by atoms with E-state index in [1.165, 1.54) is 16.0 Å². The largest absolute Gasteiger partial charge is 0.384 e. The molecule has 104 valence electrons. The molecule has 0 saturated heterocycles. The fraction of sp³-hybridized carbons (Fsp3) is 0.235. The van der Waals surface area contributed by atoms with Crippen LogP contribution in [-0.4, -0.2) is 5.84 Å². The summed E-state index contributed by atoms with van der Waals surface area (Å²) < 4.78 is 0. The minimum Gasteiger partial charge on any atom is -0.384 e. The molecule has 0 unspecified atom stereocenters. The Hall–Kier alpha value is -1.74. The third-order valence-corrected chi connectivity index (χ3v) is 4.30. The number of benzene rings is 2. The highest BCUT2D eigenvalue weighted by molar-refractivity contribution is 7.98. The minimum atomic E-state index is 0.119. The highest BCUT2D eigenvalue weighted by Crippen LogP contribution is 2.25. The summed E-state index contributed by atoms with van der Waals surface area (Å²) in [6.45, 7) is 4.41. The number of hydrogen-bond acceptors (Lipinski definition) is 2. The standard InChI is InChI=1S/C17H20N2S/c1-12(2)14-7-9-16(10-8-14)20-11-13-3-5-15(6-4-13)17(18)19/h3-10,12H,11H2,1-2H3,(H3,18,19). The summed E-state index contributed by atoms with van der Waals surface area (Å²) in [6.07, 6.45) is 0. The van der Waals surface area contributed by atoms with Gasteiger partial charge in [0.25, 0.3) is 0 Å². The van der Waals surface area contributed by atoms with Crippen molar-refractivity contribution in [1.82, 2.24) is 0 Å². The van der Waals surface area contributed by atoms with Crippen LogP contribution in [0.5, 0.6) is 0 Å². The van der Waals surface area contributed by atoms with Crippen LogP contribution in [0.25, 0.3) is 0 Å². The van der Waals surface area contributed by atoms with Gasteiger partial charge in [-0.1, -0.05) is 50.2 Å². The lowest BCUT2D eigenvalue weighted by molar-refractivity contribution is 0.865. The molecular formula is C17H20N2S. The molecule has 0 saturated carbocycles. The van der Waals surface area contributed by atoms with Gasteiger partial charge in [-0.2, -0.15) is 0 Å². The van der Waals surface area contributed by atoms with Gasteiger partial charge in [0.05, 0.1) is 0 Å². The third-order valence-electron chi connectivity index (χ3n) is 3.22. The number of thioether (sulfide) groups is 1. The first kappa shape index (κ1) is 14.7. The van der Waals surface area contributed by atoms with Crippen LogP contribution < -0.4 is 5.73 Å². The lowest BCUT2D eigenvalue weighted by Gasteiger charge is -2.07. The summed E-state index contributed by atoms with van der Waals surface area (Å²) in [5.41, 5.74) is 8.84. The van der Waals surface area contributed by atoms with Gasteiger partial charge >= 0.3 is 0 Å². The third kappa shape index (κ3) is 3.87. The van der Waals surface area contributed by atoms with E-state index in [4.69, 9.17) is 11.1 Å². The van der Waals surface area contributed by atoms with Crippen molar-refractivity contribution in [2.24, 2.45) is 5.73 Å². The van der Waals surface area contributed by atoms with Gasteiger partial charge < -0.3 is 5.73 Å². The maximum atomic E-state index is 7.37. The molecule has 0 heterocycles. The first-order chi connectivity index (χ1) is 9.56. The predicted octanol–water partition coefficient (Wildman–Crippen LogP) is 4.39. The SMILES string of the molecule is CC(C)c1ccc(SCc2ccc(C(=N)N)cc2)cc1. The number of amidine groups is 1. The summed E-state index contributed by atoms with van der Waals surface area (Å²) in [6, 6.07) is 16.6. The Bertz CT molecular complexity index is 571. The van der Waals surface area contributed by atoms with Gasteiger partial charge in [0, 0.05) is 16.2 Å². The van der Waals surface area contributed by atoms with Gasteiger partial charge in [0.1, 0.15) is 5.84 Å². The molecule has 3 heteroatoms. The molecule has 2 aromatic carbocycles. The topological polar surface area (TPSA) is 49.9 Å². The summed E-state index contributed by atoms with van der Waals surface area (Å²) in [4.78, 5) is 1.28. The molecule has 0 amide bonds. The number of hydrogen-bond donors (Lipinski definition) is 2. The van der Waals surface area contributed by atoms with Gasteiger partial charge in [-0.05, 0) is 29.2 Å². The molecule has 0 aliphatic rings. The molecule has 0 bridgehead atoms. The van der Waals surface area contributed by atoms with E-state index in [0.29, 0.717) is 5.92 Å². The van der Waals surface area contributed by atoms with Crippen LogP contribution >= 0.6 is 11.8 Å². The van der Waals surface area contributed by atoms with Crippen molar-refractivity contribution in [3.05, 3.63) is 65.2 Å². The maximum absolute atomic E-state index is 7.37. The molecule has 20 heavy (non-hydrogen) atoms. The van der Waals surface area contributed by atoms with Crippen LogP contribution in [0.3, 0.4) is 0 Å². The van der Waals surface area contributed by atoms with E-state index in [1.54, 1.807) is 0 Å². The molecule has 0 fully saturated rings. The van der Waals surface area contributed by atoms with Crippen molar-refractivity contribution in [2.75, 3.05) is 0 Å². The Labute approximate surface area is 124 Å². The number of nitrogen functional groups attached to an aromatic ring is 1. The average molecular weight is 284 g/mol. The van der Waals surface area contributed by atoms with Gasteiger partial charge in [-0.25, -0.2) is 0 Å². The zero-order chi connectivity index (χ0) is 14.5. The van der Waals surface area contributed by atoms with E-state index in [0.717, 1.165) is 11.3 Å². The van der Waals surface area contributed by atoms with E-state index in [1.807, 2.05) is 36.0 Å². The van der Waals surface area contributed by atoms with Crippen LogP contribution in [0.4, 0.5) is 0 Å². The predicted molar refractivity (Wildman–Crippen MR) is 87.6 cm³/mol. The van der Waals surface area contributed by atoms with Crippen LogP contribution in [0.15, 0.2) is 53.4 Å².